The molecule has 18 heavy (non-hydrogen) atoms. The molecule has 0 aromatic carbocycles. The summed E-state index contributed by atoms with van der Waals surface area (Å²) in [4.78, 5) is 25.3. The van der Waals surface area contributed by atoms with Gasteiger partial charge >= 0.3 is 5.76 Å². The Hall–Kier alpha value is -1.59. The molecule has 98 valence electrons. The molecular formula is C12H17N3O3. The Morgan fingerprint density at radius 2 is 2.06 bits per heavy atom. The number of amides is 1. The van der Waals surface area contributed by atoms with Gasteiger partial charge in [-0.25, -0.2) is 4.79 Å². The molecule has 2 aliphatic carbocycles. The second kappa shape index (κ2) is 4.59. The lowest BCUT2D eigenvalue weighted by molar-refractivity contribution is -0.126. The topological polar surface area (TPSA) is 88.0 Å². The van der Waals surface area contributed by atoms with Crippen LogP contribution in [0.15, 0.2) is 9.32 Å². The lowest BCUT2D eigenvalue weighted by atomic mass is 9.79. The van der Waals surface area contributed by atoms with Crippen LogP contribution >= 0.6 is 0 Å². The van der Waals surface area contributed by atoms with Gasteiger partial charge in [-0.15, -0.1) is 0 Å². The molecule has 6 heteroatoms. The minimum atomic E-state index is -0.511. The highest BCUT2D eigenvalue weighted by Gasteiger charge is 2.35. The van der Waals surface area contributed by atoms with Crippen LogP contribution in [-0.4, -0.2) is 22.1 Å². The number of carbonyl (C=O) groups excluding carboxylic acids is 1. The molecule has 0 aliphatic heterocycles. The summed E-state index contributed by atoms with van der Waals surface area (Å²) in [6, 6.07) is 0.225. The number of hydrogen-bond acceptors (Lipinski definition) is 4. The van der Waals surface area contributed by atoms with Crippen LogP contribution in [0.3, 0.4) is 0 Å². The van der Waals surface area contributed by atoms with E-state index in [0.717, 1.165) is 25.7 Å². The first kappa shape index (κ1) is 11.5. The SMILES string of the molecule is O=C(NC1CC(c2noc(=O)[nH]2)C1)C1CCCC1. The minimum Gasteiger partial charge on any atom is -0.353 e. The predicted molar refractivity (Wildman–Crippen MR) is 63.0 cm³/mol. The van der Waals surface area contributed by atoms with Crippen molar-refractivity contribution in [3.8, 4) is 0 Å². The van der Waals surface area contributed by atoms with Gasteiger partial charge in [0.25, 0.3) is 0 Å². The number of hydrogen-bond donors (Lipinski definition) is 2. The molecule has 2 saturated carbocycles. The highest BCUT2D eigenvalue weighted by Crippen LogP contribution is 2.35. The third kappa shape index (κ3) is 2.19. The van der Waals surface area contributed by atoms with Crippen molar-refractivity contribution in [1.29, 1.82) is 0 Å². The highest BCUT2D eigenvalue weighted by atomic mass is 16.5. The molecule has 0 unspecified atom stereocenters. The summed E-state index contributed by atoms with van der Waals surface area (Å²) in [5.41, 5.74) is 0. The van der Waals surface area contributed by atoms with E-state index in [1.165, 1.54) is 12.8 Å². The van der Waals surface area contributed by atoms with Crippen LogP contribution in [0.2, 0.25) is 0 Å². The van der Waals surface area contributed by atoms with E-state index in [1.54, 1.807) is 0 Å². The molecule has 0 saturated heterocycles. The number of aromatic nitrogens is 2. The maximum atomic E-state index is 11.9. The summed E-state index contributed by atoms with van der Waals surface area (Å²) < 4.78 is 4.47. The number of nitrogens with zero attached hydrogens (tertiary/aromatic N) is 1. The summed E-state index contributed by atoms with van der Waals surface area (Å²) in [5.74, 6) is 0.723. The van der Waals surface area contributed by atoms with Gasteiger partial charge in [0.05, 0.1) is 0 Å². The van der Waals surface area contributed by atoms with Crippen molar-refractivity contribution >= 4 is 5.91 Å². The van der Waals surface area contributed by atoms with Gasteiger partial charge < -0.3 is 5.32 Å². The van der Waals surface area contributed by atoms with Crippen LogP contribution in [0, 0.1) is 5.92 Å². The zero-order valence-electron chi connectivity index (χ0n) is 10.1. The Balaban J connectivity index is 1.47. The van der Waals surface area contributed by atoms with Gasteiger partial charge in [0, 0.05) is 17.9 Å². The smallest absolute Gasteiger partial charge is 0.353 e. The number of rotatable bonds is 3. The van der Waals surface area contributed by atoms with Gasteiger partial charge in [0.1, 0.15) is 0 Å². The summed E-state index contributed by atoms with van der Waals surface area (Å²) >= 11 is 0. The van der Waals surface area contributed by atoms with Crippen LogP contribution in [0.5, 0.6) is 0 Å². The molecule has 0 spiro atoms. The summed E-state index contributed by atoms with van der Waals surface area (Å²) in [5, 5.41) is 6.75. The molecular weight excluding hydrogens is 234 g/mol. The Morgan fingerprint density at radius 1 is 1.33 bits per heavy atom. The van der Waals surface area contributed by atoms with Gasteiger partial charge in [-0.05, 0) is 25.7 Å². The molecule has 1 aromatic rings. The quantitative estimate of drug-likeness (QED) is 0.836. The standard InChI is InChI=1S/C12H17N3O3/c16-11(7-3-1-2-4-7)13-9-5-8(6-9)10-14-12(17)18-15-10/h7-9H,1-6H2,(H,13,16)(H,14,15,17). The molecule has 2 N–H and O–H groups in total. The Bertz CT molecular complexity index is 481. The van der Waals surface area contributed by atoms with Crippen molar-refractivity contribution in [1.82, 2.24) is 15.5 Å². The summed E-state index contributed by atoms with van der Waals surface area (Å²) in [6.07, 6.45) is 6.07. The number of H-pyrrole nitrogens is 1. The summed E-state index contributed by atoms with van der Waals surface area (Å²) in [6.45, 7) is 0. The third-order valence-electron chi connectivity index (χ3n) is 4.05. The second-order valence-electron chi connectivity index (χ2n) is 5.34. The largest absolute Gasteiger partial charge is 0.438 e. The van der Waals surface area contributed by atoms with Gasteiger partial charge in [-0.3, -0.25) is 14.3 Å². The molecule has 0 bridgehead atoms. The molecule has 3 rings (SSSR count). The number of carbonyl (C=O) groups is 1. The Kier molecular flexibility index (Phi) is 2.93. The normalized spacial score (nSPS) is 28.0. The van der Waals surface area contributed by atoms with E-state index >= 15 is 0 Å². The van der Waals surface area contributed by atoms with E-state index in [-0.39, 0.29) is 23.8 Å². The zero-order valence-corrected chi connectivity index (χ0v) is 10.1. The molecule has 2 fully saturated rings. The molecule has 1 aromatic heterocycles. The molecule has 1 amide bonds. The molecule has 0 radical (unpaired) electrons. The van der Waals surface area contributed by atoms with Crippen molar-refractivity contribution in [2.24, 2.45) is 5.92 Å². The van der Waals surface area contributed by atoms with E-state index in [2.05, 4.69) is 20.0 Å². The number of aromatic amines is 1. The summed E-state index contributed by atoms with van der Waals surface area (Å²) in [7, 11) is 0. The average molecular weight is 251 g/mol. The fourth-order valence-corrected chi connectivity index (χ4v) is 2.88. The van der Waals surface area contributed by atoms with E-state index in [4.69, 9.17) is 0 Å². The fourth-order valence-electron chi connectivity index (χ4n) is 2.88. The van der Waals surface area contributed by atoms with Crippen LogP contribution in [-0.2, 0) is 4.79 Å². The molecule has 0 atom stereocenters. The molecule has 1 heterocycles. The van der Waals surface area contributed by atoms with Crippen molar-refractivity contribution in [2.45, 2.75) is 50.5 Å². The van der Waals surface area contributed by atoms with Gasteiger partial charge in [-0.1, -0.05) is 18.0 Å². The van der Waals surface area contributed by atoms with Crippen molar-refractivity contribution < 1.29 is 9.32 Å². The van der Waals surface area contributed by atoms with Crippen LogP contribution in [0.25, 0.3) is 0 Å². The fraction of sp³-hybridized carbons (Fsp3) is 0.750. The van der Waals surface area contributed by atoms with Crippen molar-refractivity contribution in [3.05, 3.63) is 16.4 Å². The minimum absolute atomic E-state index is 0.199. The zero-order chi connectivity index (χ0) is 12.5. The average Bonchev–Trinajstić information content (AvgIpc) is 2.93. The van der Waals surface area contributed by atoms with Crippen LogP contribution in [0.1, 0.15) is 50.3 Å². The van der Waals surface area contributed by atoms with Gasteiger partial charge in [0.15, 0.2) is 5.82 Å². The van der Waals surface area contributed by atoms with Crippen molar-refractivity contribution in [3.63, 3.8) is 0 Å². The van der Waals surface area contributed by atoms with Crippen LogP contribution in [0.4, 0.5) is 0 Å². The molecule has 6 nitrogen and oxygen atoms in total. The lowest BCUT2D eigenvalue weighted by Gasteiger charge is -2.34. The number of nitrogens with one attached hydrogen (secondary N) is 2. The van der Waals surface area contributed by atoms with Gasteiger partial charge in [-0.2, -0.15) is 0 Å². The first-order chi connectivity index (χ1) is 8.72. The Labute approximate surface area is 104 Å². The monoisotopic (exact) mass is 251 g/mol. The Morgan fingerprint density at radius 3 is 2.67 bits per heavy atom. The van der Waals surface area contributed by atoms with Gasteiger partial charge in [0.2, 0.25) is 5.91 Å². The maximum absolute atomic E-state index is 11.9. The van der Waals surface area contributed by atoms with E-state index in [9.17, 15) is 9.59 Å². The van der Waals surface area contributed by atoms with Crippen LogP contribution < -0.4 is 11.1 Å². The van der Waals surface area contributed by atoms with Crippen molar-refractivity contribution in [2.75, 3.05) is 0 Å². The first-order valence-electron chi connectivity index (χ1n) is 6.58. The molecule has 2 aliphatic rings. The van der Waals surface area contributed by atoms with E-state index < -0.39 is 5.76 Å². The maximum Gasteiger partial charge on any atom is 0.438 e. The highest BCUT2D eigenvalue weighted by molar-refractivity contribution is 5.79. The van der Waals surface area contributed by atoms with E-state index in [1.807, 2.05) is 0 Å². The van der Waals surface area contributed by atoms with E-state index in [0.29, 0.717) is 5.82 Å². The lowest BCUT2D eigenvalue weighted by Crippen LogP contribution is -2.45. The first-order valence-corrected chi connectivity index (χ1v) is 6.58. The third-order valence-corrected chi connectivity index (χ3v) is 4.05. The second-order valence-corrected chi connectivity index (χ2v) is 5.34. The predicted octanol–water partition coefficient (Wildman–Crippen LogP) is 0.915.